The van der Waals surface area contributed by atoms with Crippen LogP contribution in [0.5, 0.6) is 5.75 Å². The van der Waals surface area contributed by atoms with E-state index in [1.165, 1.54) is 11.8 Å². The number of para-hydroxylation sites is 1. The number of rotatable bonds is 7. The van der Waals surface area contributed by atoms with Gasteiger partial charge in [0.1, 0.15) is 11.3 Å². The lowest BCUT2D eigenvalue weighted by molar-refractivity contribution is 0.0831. The molecule has 0 spiro atoms. The summed E-state index contributed by atoms with van der Waals surface area (Å²) in [7, 11) is 0. The maximum Gasteiger partial charge on any atom is 0.305 e. The Morgan fingerprint density at radius 3 is 2.44 bits per heavy atom. The smallest absolute Gasteiger partial charge is 0.305 e. The topological polar surface area (TPSA) is 106 Å². The number of ether oxygens (including phenoxy) is 1. The molecule has 0 aliphatic rings. The van der Waals surface area contributed by atoms with Crippen LogP contribution in [0.4, 0.5) is 0 Å². The van der Waals surface area contributed by atoms with E-state index >= 15 is 0 Å². The molecule has 0 radical (unpaired) electrons. The summed E-state index contributed by atoms with van der Waals surface area (Å²) < 4.78 is 11.2. The summed E-state index contributed by atoms with van der Waals surface area (Å²) >= 11 is 1.39. The minimum Gasteiger partial charge on any atom is -0.494 e. The number of hydrogen-bond acceptors (Lipinski definition) is 7. The van der Waals surface area contributed by atoms with Crippen LogP contribution >= 0.6 is 11.8 Å². The zero-order valence-corrected chi connectivity index (χ0v) is 18.0. The summed E-state index contributed by atoms with van der Waals surface area (Å²) in [6.07, 6.45) is 3.32. The van der Waals surface area contributed by atoms with Crippen LogP contribution in [0.3, 0.4) is 0 Å². The lowest BCUT2D eigenvalue weighted by atomic mass is 10.1. The van der Waals surface area contributed by atoms with Gasteiger partial charge < -0.3 is 9.15 Å². The maximum atomic E-state index is 12.8. The molecule has 9 heteroatoms. The molecule has 2 heterocycles. The second-order valence-electron chi connectivity index (χ2n) is 6.59. The fourth-order valence-electron chi connectivity index (χ4n) is 3.03. The molecule has 4 aromatic rings. The van der Waals surface area contributed by atoms with Gasteiger partial charge in [0.25, 0.3) is 5.91 Å². The van der Waals surface area contributed by atoms with E-state index < -0.39 is 11.8 Å². The lowest BCUT2D eigenvalue weighted by Gasteiger charge is -2.08. The zero-order valence-electron chi connectivity index (χ0n) is 17.2. The van der Waals surface area contributed by atoms with Crippen molar-refractivity contribution < 1.29 is 18.7 Å². The Bertz CT molecular complexity index is 1230. The van der Waals surface area contributed by atoms with Gasteiger partial charge in [0.2, 0.25) is 0 Å². The quantitative estimate of drug-likeness (QED) is 0.250. The minimum atomic E-state index is -0.551. The van der Waals surface area contributed by atoms with Crippen LogP contribution in [0, 0.1) is 0 Å². The third-order valence-electron chi connectivity index (χ3n) is 4.51. The number of amides is 2. The first kappa shape index (κ1) is 21.4. The van der Waals surface area contributed by atoms with Crippen molar-refractivity contribution in [3.05, 3.63) is 83.9 Å². The van der Waals surface area contributed by atoms with Gasteiger partial charge in [-0.05, 0) is 43.3 Å². The molecule has 2 N–H and O–H groups in total. The number of hydrogen-bond donors (Lipinski definition) is 2. The normalized spacial score (nSPS) is 10.7. The second kappa shape index (κ2) is 9.97. The first-order chi connectivity index (χ1) is 15.7. The van der Waals surface area contributed by atoms with E-state index in [0.29, 0.717) is 40.0 Å². The number of carbonyl (C=O) groups is 2. The van der Waals surface area contributed by atoms with Gasteiger partial charge in [-0.1, -0.05) is 30.0 Å². The van der Waals surface area contributed by atoms with Gasteiger partial charge in [-0.2, -0.15) is 0 Å². The van der Waals surface area contributed by atoms with E-state index in [0.717, 1.165) is 5.39 Å². The molecule has 8 nitrogen and oxygen atoms in total. The van der Waals surface area contributed by atoms with Crippen LogP contribution < -0.4 is 15.6 Å². The Kier molecular flexibility index (Phi) is 6.66. The van der Waals surface area contributed by atoms with E-state index in [2.05, 4.69) is 20.8 Å². The Hall–Kier alpha value is -3.85. The van der Waals surface area contributed by atoms with E-state index in [4.69, 9.17) is 9.15 Å². The highest BCUT2D eigenvalue weighted by molar-refractivity contribution is 7.98. The van der Waals surface area contributed by atoms with E-state index in [1.807, 2.05) is 25.1 Å². The average Bonchev–Trinajstić information content (AvgIpc) is 3.21. The number of nitrogens with zero attached hydrogens (tertiary/aromatic N) is 2. The highest BCUT2D eigenvalue weighted by atomic mass is 32.2. The maximum absolute atomic E-state index is 12.8. The molecule has 2 aromatic heterocycles. The zero-order chi connectivity index (χ0) is 22.3. The molecule has 4 rings (SSSR count). The number of carbonyl (C=O) groups excluding carboxylic acids is 2. The second-order valence-corrected chi connectivity index (χ2v) is 7.53. The predicted molar refractivity (Wildman–Crippen MR) is 120 cm³/mol. The summed E-state index contributed by atoms with van der Waals surface area (Å²) in [5.74, 6) is 0.217. The monoisotopic (exact) mass is 448 g/mol. The minimum absolute atomic E-state index is 0.127. The summed E-state index contributed by atoms with van der Waals surface area (Å²) in [5, 5.41) is 1.41. The lowest BCUT2D eigenvalue weighted by Crippen LogP contribution is -2.41. The van der Waals surface area contributed by atoms with Gasteiger partial charge in [-0.25, -0.2) is 9.97 Å². The Morgan fingerprint density at radius 2 is 1.69 bits per heavy atom. The number of thioether (sulfide) groups is 1. The predicted octanol–water partition coefficient (Wildman–Crippen LogP) is 3.99. The molecule has 0 saturated heterocycles. The van der Waals surface area contributed by atoms with Gasteiger partial charge in [0, 0.05) is 34.7 Å². The summed E-state index contributed by atoms with van der Waals surface area (Å²) in [4.78, 5) is 33.6. The number of nitrogens with one attached hydrogen (secondary N) is 2. The SMILES string of the molecule is CCOc1ccc(C(=O)NNC(=O)c2oc3ccccc3c2CSc2ncccn2)cc1. The summed E-state index contributed by atoms with van der Waals surface area (Å²) in [5.41, 5.74) is 6.52. The van der Waals surface area contributed by atoms with Crippen LogP contribution in [0.1, 0.15) is 33.4 Å². The number of aromatic nitrogens is 2. The Morgan fingerprint density at radius 1 is 0.969 bits per heavy atom. The fraction of sp³-hybridized carbons (Fsp3) is 0.130. The fourth-order valence-corrected chi connectivity index (χ4v) is 3.86. The summed E-state index contributed by atoms with van der Waals surface area (Å²) in [6.45, 7) is 2.42. The van der Waals surface area contributed by atoms with Crippen molar-refractivity contribution in [3.8, 4) is 5.75 Å². The van der Waals surface area contributed by atoms with Gasteiger partial charge in [0.15, 0.2) is 10.9 Å². The molecular weight excluding hydrogens is 428 g/mol. The highest BCUT2D eigenvalue weighted by Gasteiger charge is 2.21. The average molecular weight is 449 g/mol. The van der Waals surface area contributed by atoms with Gasteiger partial charge in [-0.15, -0.1) is 0 Å². The van der Waals surface area contributed by atoms with Crippen molar-refractivity contribution in [2.75, 3.05) is 6.61 Å². The Labute approximate surface area is 188 Å². The van der Waals surface area contributed by atoms with Crippen LogP contribution in [0.2, 0.25) is 0 Å². The molecule has 0 unspecified atom stereocenters. The van der Waals surface area contributed by atoms with Crippen molar-refractivity contribution in [3.63, 3.8) is 0 Å². The summed E-state index contributed by atoms with van der Waals surface area (Å²) in [6, 6.07) is 15.8. The molecule has 0 aliphatic heterocycles. The van der Waals surface area contributed by atoms with Gasteiger partial charge >= 0.3 is 5.91 Å². The first-order valence-electron chi connectivity index (χ1n) is 9.89. The van der Waals surface area contributed by atoms with Crippen LogP contribution in [-0.4, -0.2) is 28.4 Å². The standard InChI is InChI=1S/C23H20N4O4S/c1-2-30-16-10-8-15(9-11-16)21(28)26-27-22(29)20-18(14-32-23-24-12-5-13-25-23)17-6-3-4-7-19(17)31-20/h3-13H,2,14H2,1H3,(H,26,28)(H,27,29). The van der Waals surface area contributed by atoms with Crippen molar-refractivity contribution in [1.29, 1.82) is 0 Å². The molecule has 0 aliphatic carbocycles. The molecule has 0 fully saturated rings. The van der Waals surface area contributed by atoms with E-state index in [1.54, 1.807) is 48.8 Å². The molecule has 0 saturated carbocycles. The molecule has 0 atom stereocenters. The number of hydrazine groups is 1. The molecule has 32 heavy (non-hydrogen) atoms. The molecular formula is C23H20N4O4S. The van der Waals surface area contributed by atoms with E-state index in [9.17, 15) is 9.59 Å². The van der Waals surface area contributed by atoms with Gasteiger partial charge in [0.05, 0.1) is 6.61 Å². The number of fused-ring (bicyclic) bond motifs is 1. The van der Waals surface area contributed by atoms with Crippen LogP contribution in [0.25, 0.3) is 11.0 Å². The van der Waals surface area contributed by atoms with Gasteiger partial charge in [-0.3, -0.25) is 20.4 Å². The van der Waals surface area contributed by atoms with Crippen LogP contribution in [0.15, 0.2) is 76.6 Å². The van der Waals surface area contributed by atoms with Crippen molar-refractivity contribution in [2.45, 2.75) is 17.8 Å². The molecule has 162 valence electrons. The highest BCUT2D eigenvalue weighted by Crippen LogP contribution is 2.30. The number of furan rings is 1. The number of benzene rings is 2. The third kappa shape index (κ3) is 4.89. The third-order valence-corrected chi connectivity index (χ3v) is 5.41. The van der Waals surface area contributed by atoms with E-state index in [-0.39, 0.29) is 5.76 Å². The Balaban J connectivity index is 1.48. The largest absolute Gasteiger partial charge is 0.494 e. The van der Waals surface area contributed by atoms with Crippen molar-refractivity contribution in [2.24, 2.45) is 0 Å². The van der Waals surface area contributed by atoms with Crippen LogP contribution in [-0.2, 0) is 5.75 Å². The first-order valence-corrected chi connectivity index (χ1v) is 10.9. The van der Waals surface area contributed by atoms with Crippen molar-refractivity contribution in [1.82, 2.24) is 20.8 Å². The van der Waals surface area contributed by atoms with Crippen molar-refractivity contribution >= 4 is 34.5 Å². The molecule has 2 aromatic carbocycles. The molecule has 2 amide bonds. The molecule has 0 bridgehead atoms.